The van der Waals surface area contributed by atoms with Gasteiger partial charge in [0.05, 0.1) is 12.4 Å². The van der Waals surface area contributed by atoms with Crippen molar-refractivity contribution in [1.82, 2.24) is 5.32 Å². The second-order valence-corrected chi connectivity index (χ2v) is 6.26. The van der Waals surface area contributed by atoms with E-state index in [1.807, 2.05) is 43.3 Å². The monoisotopic (exact) mass is 329 g/mol. The molecular formula is C19H23NO2S. The zero-order chi connectivity index (χ0) is 16.5. The zero-order valence-corrected chi connectivity index (χ0v) is 14.5. The van der Waals surface area contributed by atoms with Crippen molar-refractivity contribution in [3.63, 3.8) is 0 Å². The van der Waals surface area contributed by atoms with E-state index >= 15 is 0 Å². The maximum Gasteiger partial charge on any atom is 0.230 e. The van der Waals surface area contributed by atoms with Gasteiger partial charge in [-0.05, 0) is 42.7 Å². The molecular weight excluding hydrogens is 306 g/mol. The molecule has 0 aliphatic carbocycles. The second-order valence-electron chi connectivity index (χ2n) is 5.27. The van der Waals surface area contributed by atoms with Crippen molar-refractivity contribution in [1.29, 1.82) is 0 Å². The topological polar surface area (TPSA) is 38.3 Å². The number of hydrogen-bond donors (Lipinski definition) is 1. The highest BCUT2D eigenvalue weighted by atomic mass is 32.2. The van der Waals surface area contributed by atoms with E-state index in [9.17, 15) is 4.79 Å². The van der Waals surface area contributed by atoms with Crippen LogP contribution in [0.15, 0.2) is 48.5 Å². The number of benzene rings is 2. The second kappa shape index (κ2) is 9.26. The van der Waals surface area contributed by atoms with Gasteiger partial charge in [0.2, 0.25) is 5.91 Å². The molecule has 0 atom stereocenters. The fourth-order valence-electron chi connectivity index (χ4n) is 2.15. The molecule has 0 aromatic heterocycles. The third-order valence-electron chi connectivity index (χ3n) is 3.48. The SMILES string of the molecule is CCOc1ccc(CNC(=O)CSCc2ccccc2C)cc1. The number of thioether (sulfide) groups is 1. The summed E-state index contributed by atoms with van der Waals surface area (Å²) in [5.41, 5.74) is 3.64. The highest BCUT2D eigenvalue weighted by molar-refractivity contribution is 7.99. The Morgan fingerprint density at radius 3 is 2.57 bits per heavy atom. The molecule has 0 aliphatic heterocycles. The molecule has 1 amide bonds. The first-order chi connectivity index (χ1) is 11.2. The van der Waals surface area contributed by atoms with Crippen LogP contribution in [0.2, 0.25) is 0 Å². The standard InChI is InChI=1S/C19H23NO2S/c1-3-22-18-10-8-16(9-11-18)12-20-19(21)14-23-13-17-7-5-4-6-15(17)2/h4-11H,3,12-14H2,1-2H3,(H,20,21). The van der Waals surface area contributed by atoms with E-state index < -0.39 is 0 Å². The Morgan fingerprint density at radius 2 is 1.87 bits per heavy atom. The first-order valence-electron chi connectivity index (χ1n) is 7.79. The number of amides is 1. The van der Waals surface area contributed by atoms with Gasteiger partial charge in [0.25, 0.3) is 0 Å². The highest BCUT2D eigenvalue weighted by Crippen LogP contribution is 2.16. The third-order valence-corrected chi connectivity index (χ3v) is 4.46. The van der Waals surface area contributed by atoms with Gasteiger partial charge in [0.1, 0.15) is 5.75 Å². The van der Waals surface area contributed by atoms with E-state index in [0.29, 0.717) is 18.9 Å². The molecule has 0 saturated carbocycles. The number of hydrogen-bond acceptors (Lipinski definition) is 3. The van der Waals surface area contributed by atoms with Crippen LogP contribution in [0.4, 0.5) is 0 Å². The Morgan fingerprint density at radius 1 is 1.13 bits per heavy atom. The average Bonchev–Trinajstić information content (AvgIpc) is 2.56. The summed E-state index contributed by atoms with van der Waals surface area (Å²) in [5, 5.41) is 2.95. The fourth-order valence-corrected chi connectivity index (χ4v) is 3.08. The molecule has 0 spiro atoms. The Hall–Kier alpha value is -1.94. The Balaban J connectivity index is 1.69. The van der Waals surface area contributed by atoms with Crippen molar-refractivity contribution in [2.24, 2.45) is 0 Å². The van der Waals surface area contributed by atoms with Crippen molar-refractivity contribution in [3.8, 4) is 5.75 Å². The van der Waals surface area contributed by atoms with Gasteiger partial charge in [-0.2, -0.15) is 0 Å². The predicted octanol–water partition coefficient (Wildman–Crippen LogP) is 3.94. The summed E-state index contributed by atoms with van der Waals surface area (Å²) in [5.74, 6) is 2.27. The van der Waals surface area contributed by atoms with Crippen molar-refractivity contribution in [3.05, 3.63) is 65.2 Å². The normalized spacial score (nSPS) is 10.3. The first-order valence-corrected chi connectivity index (χ1v) is 8.95. The van der Waals surface area contributed by atoms with Crippen molar-refractivity contribution >= 4 is 17.7 Å². The van der Waals surface area contributed by atoms with Crippen LogP contribution in [-0.4, -0.2) is 18.3 Å². The lowest BCUT2D eigenvalue weighted by Gasteiger charge is -2.08. The van der Waals surface area contributed by atoms with Crippen LogP contribution in [-0.2, 0) is 17.1 Å². The van der Waals surface area contributed by atoms with Gasteiger partial charge < -0.3 is 10.1 Å². The molecule has 0 saturated heterocycles. The quantitative estimate of drug-likeness (QED) is 0.797. The lowest BCUT2D eigenvalue weighted by atomic mass is 10.1. The van der Waals surface area contributed by atoms with Crippen LogP contribution in [0.5, 0.6) is 5.75 Å². The van der Waals surface area contributed by atoms with Gasteiger partial charge in [-0.15, -0.1) is 11.8 Å². The molecule has 122 valence electrons. The first kappa shape index (κ1) is 17.4. The molecule has 0 aliphatic rings. The molecule has 23 heavy (non-hydrogen) atoms. The Bertz CT molecular complexity index is 626. The molecule has 0 radical (unpaired) electrons. The van der Waals surface area contributed by atoms with Gasteiger partial charge >= 0.3 is 0 Å². The average molecular weight is 329 g/mol. The molecule has 0 fully saturated rings. The van der Waals surface area contributed by atoms with Gasteiger partial charge in [-0.1, -0.05) is 36.4 Å². The molecule has 2 rings (SSSR count). The van der Waals surface area contributed by atoms with Crippen LogP contribution in [0, 0.1) is 6.92 Å². The summed E-state index contributed by atoms with van der Waals surface area (Å²) in [6, 6.07) is 16.1. The zero-order valence-electron chi connectivity index (χ0n) is 13.7. The smallest absolute Gasteiger partial charge is 0.230 e. The van der Waals surface area contributed by atoms with E-state index in [-0.39, 0.29) is 5.91 Å². The van der Waals surface area contributed by atoms with Crippen molar-refractivity contribution in [2.75, 3.05) is 12.4 Å². The summed E-state index contributed by atoms with van der Waals surface area (Å²) in [7, 11) is 0. The van der Waals surface area contributed by atoms with Crippen LogP contribution in [0.25, 0.3) is 0 Å². The molecule has 1 N–H and O–H groups in total. The minimum Gasteiger partial charge on any atom is -0.494 e. The Labute approximate surface area is 142 Å². The van der Waals surface area contributed by atoms with Gasteiger partial charge in [0, 0.05) is 12.3 Å². The molecule has 0 unspecified atom stereocenters. The van der Waals surface area contributed by atoms with E-state index in [0.717, 1.165) is 17.1 Å². The number of carbonyl (C=O) groups is 1. The molecule has 4 heteroatoms. The number of ether oxygens (including phenoxy) is 1. The van der Waals surface area contributed by atoms with Crippen molar-refractivity contribution < 1.29 is 9.53 Å². The molecule has 0 heterocycles. The summed E-state index contributed by atoms with van der Waals surface area (Å²) in [6.45, 7) is 5.27. The van der Waals surface area contributed by atoms with Crippen LogP contribution < -0.4 is 10.1 Å². The fraction of sp³-hybridized carbons (Fsp3) is 0.316. The summed E-state index contributed by atoms with van der Waals surface area (Å²) in [6.07, 6.45) is 0. The molecule has 2 aromatic rings. The van der Waals surface area contributed by atoms with Gasteiger partial charge in [0.15, 0.2) is 0 Å². The predicted molar refractivity (Wildman–Crippen MR) is 96.8 cm³/mol. The lowest BCUT2D eigenvalue weighted by molar-refractivity contribution is -0.118. The minimum absolute atomic E-state index is 0.0671. The maximum absolute atomic E-state index is 11.9. The highest BCUT2D eigenvalue weighted by Gasteiger charge is 2.04. The molecule has 0 bridgehead atoms. The number of rotatable bonds is 8. The molecule has 3 nitrogen and oxygen atoms in total. The Kier molecular flexibility index (Phi) is 7.01. The largest absolute Gasteiger partial charge is 0.494 e. The van der Waals surface area contributed by atoms with E-state index in [4.69, 9.17) is 4.74 Å². The summed E-state index contributed by atoms with van der Waals surface area (Å²) >= 11 is 1.64. The minimum atomic E-state index is 0.0671. The van der Waals surface area contributed by atoms with Crippen LogP contribution in [0.1, 0.15) is 23.6 Å². The van der Waals surface area contributed by atoms with E-state index in [1.165, 1.54) is 11.1 Å². The van der Waals surface area contributed by atoms with E-state index in [1.54, 1.807) is 11.8 Å². The summed E-state index contributed by atoms with van der Waals surface area (Å²) in [4.78, 5) is 11.9. The van der Waals surface area contributed by atoms with Gasteiger partial charge in [-0.3, -0.25) is 4.79 Å². The third kappa shape index (κ3) is 5.99. The number of aryl methyl sites for hydroxylation is 1. The lowest BCUT2D eigenvalue weighted by Crippen LogP contribution is -2.24. The van der Waals surface area contributed by atoms with Gasteiger partial charge in [-0.25, -0.2) is 0 Å². The van der Waals surface area contributed by atoms with Crippen molar-refractivity contribution in [2.45, 2.75) is 26.1 Å². The molecule has 2 aromatic carbocycles. The van der Waals surface area contributed by atoms with E-state index in [2.05, 4.69) is 24.4 Å². The number of nitrogens with one attached hydrogen (secondary N) is 1. The number of carbonyl (C=O) groups excluding carboxylic acids is 1. The van der Waals surface area contributed by atoms with Crippen LogP contribution >= 0.6 is 11.8 Å². The maximum atomic E-state index is 11.9. The van der Waals surface area contributed by atoms with Crippen LogP contribution in [0.3, 0.4) is 0 Å². The summed E-state index contributed by atoms with van der Waals surface area (Å²) < 4.78 is 5.40.